The Bertz CT molecular complexity index is 675. The van der Waals surface area contributed by atoms with E-state index in [1.165, 1.54) is 180 Å². The van der Waals surface area contributed by atoms with Gasteiger partial charge in [0.2, 0.25) is 0 Å². The summed E-state index contributed by atoms with van der Waals surface area (Å²) in [5, 5.41) is 10.2. The Morgan fingerprint density at radius 2 is 0.636 bits per heavy atom. The van der Waals surface area contributed by atoms with Crippen molar-refractivity contribution in [1.29, 1.82) is 0 Å². The summed E-state index contributed by atoms with van der Waals surface area (Å²) < 4.78 is 22.8. The number of aliphatic carboxylic acids is 1. The molecule has 339 valence electrons. The van der Waals surface area contributed by atoms with E-state index in [-0.39, 0.29) is 35.6 Å². The number of quaternary nitrogens is 1. The third-order valence-corrected chi connectivity index (χ3v) is 12.0. The van der Waals surface area contributed by atoms with Crippen LogP contribution in [-0.4, -0.2) is 73.6 Å². The van der Waals surface area contributed by atoms with Gasteiger partial charge in [0.1, 0.15) is 0 Å². The Kier molecular flexibility index (Phi) is 61.3. The Balaban J connectivity index is -0.000000229. The third kappa shape index (κ3) is 58.7. The maximum atomic E-state index is 10.2. The first-order valence-corrected chi connectivity index (χ1v) is 24.8. The molecule has 0 aromatic rings. The van der Waals surface area contributed by atoms with Gasteiger partial charge in [-0.3, -0.25) is 0 Å². The van der Waals surface area contributed by atoms with Gasteiger partial charge in [0.15, 0.2) is 0 Å². The molecule has 0 rings (SSSR count). The second-order valence-electron chi connectivity index (χ2n) is 15.9. The van der Waals surface area contributed by atoms with Gasteiger partial charge in [-0.25, -0.2) is 0 Å². The zero-order valence-electron chi connectivity index (χ0n) is 38.4. The SMILES string of the molecule is CCCCCCCCCCCCCCCCCC(=O)[O-].CCCCCCCCCCCCCCCC[N+](C)(C)C.CCO[Si](OCC)(OCC)OCC.[Cl-].[Co]. The summed E-state index contributed by atoms with van der Waals surface area (Å²) in [5.41, 5.74) is 0. The number of carboxylic acids is 1. The fourth-order valence-electron chi connectivity index (χ4n) is 6.38. The van der Waals surface area contributed by atoms with Gasteiger partial charge in [-0.2, -0.15) is 0 Å². The number of hydrogen-bond donors (Lipinski definition) is 0. The van der Waals surface area contributed by atoms with E-state index < -0.39 is 15.0 Å². The number of halogens is 1. The molecule has 0 atom stereocenters. The minimum absolute atomic E-state index is 0. The average molecular weight is 871 g/mol. The van der Waals surface area contributed by atoms with E-state index in [1.54, 1.807) is 0 Å². The molecule has 0 aliphatic carbocycles. The first-order valence-electron chi connectivity index (χ1n) is 23.1. The number of carboxylic acid groups (broad SMARTS) is 1. The van der Waals surface area contributed by atoms with Gasteiger partial charge in [-0.15, -0.1) is 0 Å². The molecule has 0 spiro atoms. The Morgan fingerprint density at radius 1 is 0.418 bits per heavy atom. The van der Waals surface area contributed by atoms with E-state index in [2.05, 4.69) is 35.0 Å². The van der Waals surface area contributed by atoms with Crippen molar-refractivity contribution in [2.75, 3.05) is 54.1 Å². The number of rotatable bonds is 39. The Morgan fingerprint density at radius 3 is 0.836 bits per heavy atom. The normalized spacial score (nSPS) is 11.1. The van der Waals surface area contributed by atoms with E-state index in [9.17, 15) is 9.90 Å². The van der Waals surface area contributed by atoms with Crippen molar-refractivity contribution in [3.8, 4) is 0 Å². The van der Waals surface area contributed by atoms with E-state index >= 15 is 0 Å². The maximum Gasteiger partial charge on any atom is 0.679 e. The van der Waals surface area contributed by atoms with Crippen LogP contribution in [0.5, 0.6) is 0 Å². The fraction of sp³-hybridized carbons (Fsp3) is 0.978. The van der Waals surface area contributed by atoms with Gasteiger partial charge in [-0.1, -0.05) is 181 Å². The summed E-state index contributed by atoms with van der Waals surface area (Å²) >= 11 is 0. The number of carbonyl (C=O) groups is 1. The zero-order valence-corrected chi connectivity index (χ0v) is 41.2. The van der Waals surface area contributed by atoms with E-state index in [0.29, 0.717) is 26.4 Å². The topological polar surface area (TPSA) is 77.1 Å². The van der Waals surface area contributed by atoms with Crippen molar-refractivity contribution in [1.82, 2.24) is 0 Å². The number of hydrogen-bond acceptors (Lipinski definition) is 6. The largest absolute Gasteiger partial charge is 1.00 e. The summed E-state index contributed by atoms with van der Waals surface area (Å²) in [6, 6.07) is 0. The molecular formula is C45H97ClCoNO6Si-. The molecule has 0 heterocycles. The smallest absolute Gasteiger partial charge is 0.679 e. The summed E-state index contributed by atoms with van der Waals surface area (Å²) in [7, 11) is 4.09. The van der Waals surface area contributed by atoms with Crippen molar-refractivity contribution < 1.29 is 61.3 Å². The van der Waals surface area contributed by atoms with Crippen LogP contribution in [0.1, 0.15) is 234 Å². The summed E-state index contributed by atoms with van der Waals surface area (Å²) in [4.78, 5) is 10.2. The molecule has 0 aliphatic rings. The maximum absolute atomic E-state index is 10.2. The number of carbonyl (C=O) groups excluding carboxylic acids is 1. The molecule has 0 bridgehead atoms. The molecule has 0 saturated carbocycles. The van der Waals surface area contributed by atoms with E-state index in [1.807, 2.05) is 27.7 Å². The van der Waals surface area contributed by atoms with Crippen LogP contribution in [0.4, 0.5) is 0 Å². The molecule has 0 N–H and O–H groups in total. The van der Waals surface area contributed by atoms with Crippen LogP contribution < -0.4 is 17.5 Å². The Labute approximate surface area is 363 Å². The predicted molar refractivity (Wildman–Crippen MR) is 230 cm³/mol. The van der Waals surface area contributed by atoms with Crippen LogP contribution in [0.3, 0.4) is 0 Å². The van der Waals surface area contributed by atoms with Crippen molar-refractivity contribution in [2.24, 2.45) is 0 Å². The van der Waals surface area contributed by atoms with Gasteiger partial charge >= 0.3 is 9.05 Å². The summed E-state index contributed by atoms with van der Waals surface area (Å²) in [5.74, 6) is -0.903. The predicted octanol–water partition coefficient (Wildman–Crippen LogP) is 9.74. The van der Waals surface area contributed by atoms with Gasteiger partial charge < -0.3 is 44.5 Å². The molecule has 0 aliphatic heterocycles. The number of unbranched alkanes of at least 4 members (excludes halogenated alkanes) is 27. The first-order chi connectivity index (χ1) is 25.6. The van der Waals surface area contributed by atoms with Gasteiger partial charge in [0.05, 0.1) is 27.7 Å². The standard InChI is InChI=1S/C19H42N.C18H36O2.C8H20O4Si.ClH.Co/c1-5-6-7-8-9-10-11-12-13-14-15-16-17-18-19-20(2,3)4;1-2-3-4-5-6-7-8-9-10-11-12-13-14-15-16-17-18(19)20;1-5-9-13(10-6-2,11-7-3)12-8-4;;/h5-19H2,1-4H3;2-17H2,1H3,(H,19,20);5-8H2,1-4H3;1H;/q+1;;;;/p-2. The molecule has 0 amide bonds. The Hall–Kier alpha value is 0.283. The second-order valence-corrected chi connectivity index (χ2v) is 18.1. The van der Waals surface area contributed by atoms with Crippen LogP contribution >= 0.6 is 0 Å². The van der Waals surface area contributed by atoms with Crippen LogP contribution in [0.25, 0.3) is 0 Å². The molecule has 0 unspecified atom stereocenters. The van der Waals surface area contributed by atoms with Crippen molar-refractivity contribution in [2.45, 2.75) is 234 Å². The molecule has 10 heteroatoms. The number of nitrogens with zero attached hydrogens (tertiary/aromatic N) is 1. The van der Waals surface area contributed by atoms with E-state index in [4.69, 9.17) is 17.7 Å². The van der Waals surface area contributed by atoms with Crippen LogP contribution in [-0.2, 0) is 39.3 Å². The molecule has 0 aromatic carbocycles. The molecule has 0 aromatic heterocycles. The van der Waals surface area contributed by atoms with Crippen molar-refractivity contribution in [3.63, 3.8) is 0 Å². The molecule has 0 fully saturated rings. The van der Waals surface area contributed by atoms with Crippen LogP contribution in [0.2, 0.25) is 0 Å². The first kappa shape index (κ1) is 64.4. The monoisotopic (exact) mass is 870 g/mol. The van der Waals surface area contributed by atoms with Crippen molar-refractivity contribution in [3.05, 3.63) is 0 Å². The molecule has 7 nitrogen and oxygen atoms in total. The minimum atomic E-state index is -2.80. The van der Waals surface area contributed by atoms with Gasteiger partial charge in [0, 0.05) is 49.2 Å². The molecular weight excluding hydrogens is 773 g/mol. The van der Waals surface area contributed by atoms with Gasteiger partial charge in [0.25, 0.3) is 0 Å². The second kappa shape index (κ2) is 52.3. The molecule has 1 radical (unpaired) electrons. The van der Waals surface area contributed by atoms with Crippen LogP contribution in [0.15, 0.2) is 0 Å². The third-order valence-electron chi connectivity index (χ3n) is 9.45. The molecule has 0 saturated heterocycles. The fourth-order valence-corrected chi connectivity index (χ4v) is 8.29. The molecule has 55 heavy (non-hydrogen) atoms. The van der Waals surface area contributed by atoms with Crippen LogP contribution in [0, 0.1) is 0 Å². The van der Waals surface area contributed by atoms with Crippen molar-refractivity contribution >= 4 is 15.0 Å². The zero-order chi connectivity index (χ0) is 40.2. The summed E-state index contributed by atoms with van der Waals surface area (Å²) in [6.07, 6.45) is 40.2. The summed E-state index contributed by atoms with van der Waals surface area (Å²) in [6.45, 7) is 15.7. The quantitative estimate of drug-likeness (QED) is 0.0348. The van der Waals surface area contributed by atoms with Gasteiger partial charge in [-0.05, 0) is 53.4 Å². The average Bonchev–Trinajstić information content (AvgIpc) is 3.10. The minimum Gasteiger partial charge on any atom is -1.00 e. The van der Waals surface area contributed by atoms with E-state index in [0.717, 1.165) is 17.3 Å².